The number of rotatable bonds is 2. The summed E-state index contributed by atoms with van der Waals surface area (Å²) in [6, 6.07) is 16.9. The number of benzene rings is 2. The van der Waals surface area contributed by atoms with Crippen molar-refractivity contribution in [1.82, 2.24) is 0 Å². The molecule has 1 nitrogen and oxygen atoms in total. The molecule has 0 saturated heterocycles. The van der Waals surface area contributed by atoms with Crippen molar-refractivity contribution < 1.29 is 0 Å². The summed E-state index contributed by atoms with van der Waals surface area (Å²) >= 11 is 0. The van der Waals surface area contributed by atoms with E-state index in [1.54, 1.807) is 0 Å². The van der Waals surface area contributed by atoms with E-state index in [0.717, 1.165) is 24.0 Å². The van der Waals surface area contributed by atoms with Crippen LogP contribution in [0.5, 0.6) is 0 Å². The lowest BCUT2D eigenvalue weighted by Gasteiger charge is -2.31. The summed E-state index contributed by atoms with van der Waals surface area (Å²) < 4.78 is 0. The van der Waals surface area contributed by atoms with Crippen LogP contribution in [0, 0.1) is 11.8 Å². The van der Waals surface area contributed by atoms with Gasteiger partial charge in [-0.25, -0.2) is 0 Å². The third kappa shape index (κ3) is 2.32. The van der Waals surface area contributed by atoms with Gasteiger partial charge in [0, 0.05) is 23.4 Å². The summed E-state index contributed by atoms with van der Waals surface area (Å²) in [5, 5.41) is 0. The van der Waals surface area contributed by atoms with Crippen LogP contribution in [0.1, 0.15) is 23.6 Å². The Kier molecular flexibility index (Phi) is 3.52. The molecule has 2 aromatic carbocycles. The molecule has 0 atom stereocenters. The first kappa shape index (κ1) is 12.9. The molecule has 0 radical (unpaired) electrons. The van der Waals surface area contributed by atoms with E-state index >= 15 is 0 Å². The Morgan fingerprint density at radius 3 is 2.45 bits per heavy atom. The fourth-order valence-corrected chi connectivity index (χ4v) is 2.63. The van der Waals surface area contributed by atoms with Crippen LogP contribution >= 0.6 is 0 Å². The second-order valence-electron chi connectivity index (χ2n) is 5.31. The van der Waals surface area contributed by atoms with Crippen LogP contribution in [0.25, 0.3) is 0 Å². The summed E-state index contributed by atoms with van der Waals surface area (Å²) in [7, 11) is 0. The molecule has 2 heteroatoms. The molecule has 0 amide bonds. The SMILES string of the molecule is CCB(C)N1Cc2ccccc2C#Cc2ccccc21. The topological polar surface area (TPSA) is 3.24 Å². The molecule has 0 fully saturated rings. The molecule has 0 spiro atoms. The van der Waals surface area contributed by atoms with Crippen molar-refractivity contribution in [2.45, 2.75) is 26.6 Å². The Bertz CT molecular complexity index is 681. The van der Waals surface area contributed by atoms with Crippen LogP contribution in [0.15, 0.2) is 48.5 Å². The second kappa shape index (κ2) is 5.47. The molecule has 0 saturated carbocycles. The van der Waals surface area contributed by atoms with Crippen molar-refractivity contribution in [3.63, 3.8) is 0 Å². The van der Waals surface area contributed by atoms with Crippen LogP contribution < -0.4 is 4.81 Å². The lowest BCUT2D eigenvalue weighted by atomic mass is 9.59. The maximum Gasteiger partial charge on any atom is 0.251 e. The van der Waals surface area contributed by atoms with Crippen molar-refractivity contribution in [1.29, 1.82) is 0 Å². The molecular weight excluding hydrogens is 241 g/mol. The normalized spacial score (nSPS) is 12.4. The smallest absolute Gasteiger partial charge is 0.251 e. The Labute approximate surface area is 121 Å². The zero-order valence-corrected chi connectivity index (χ0v) is 12.1. The number of hydrogen-bond donors (Lipinski definition) is 0. The first-order valence-corrected chi connectivity index (χ1v) is 7.25. The largest absolute Gasteiger partial charge is 0.410 e. The van der Waals surface area contributed by atoms with Gasteiger partial charge in [-0.05, 0) is 23.8 Å². The van der Waals surface area contributed by atoms with Gasteiger partial charge >= 0.3 is 0 Å². The molecular formula is C18H18BN. The summed E-state index contributed by atoms with van der Waals surface area (Å²) in [6.07, 6.45) is 1.13. The number of para-hydroxylation sites is 1. The minimum absolute atomic E-state index is 0.504. The minimum Gasteiger partial charge on any atom is -0.410 e. The number of hydrogen-bond acceptors (Lipinski definition) is 1. The molecule has 0 aliphatic carbocycles. The van der Waals surface area contributed by atoms with Crippen molar-refractivity contribution in [3.05, 3.63) is 65.2 Å². The highest BCUT2D eigenvalue weighted by atomic mass is 15.1. The van der Waals surface area contributed by atoms with Gasteiger partial charge in [0.1, 0.15) is 0 Å². The van der Waals surface area contributed by atoms with E-state index in [2.05, 4.69) is 78.9 Å². The monoisotopic (exact) mass is 259 g/mol. The number of fused-ring (bicyclic) bond motifs is 2. The molecule has 98 valence electrons. The van der Waals surface area contributed by atoms with Crippen LogP contribution in [-0.4, -0.2) is 6.85 Å². The standard InChI is InChI=1S/C18H18BN/c1-3-19(2)20-14-17-10-5-4-8-15(17)12-13-16-9-6-7-11-18(16)20/h4-11H,3,14H2,1-2H3. The first-order chi connectivity index (χ1) is 9.79. The van der Waals surface area contributed by atoms with E-state index < -0.39 is 0 Å². The summed E-state index contributed by atoms with van der Waals surface area (Å²) in [5.74, 6) is 6.66. The lowest BCUT2D eigenvalue weighted by Crippen LogP contribution is -2.37. The van der Waals surface area contributed by atoms with E-state index in [0.29, 0.717) is 6.85 Å². The van der Waals surface area contributed by atoms with Gasteiger partial charge in [-0.2, -0.15) is 0 Å². The second-order valence-corrected chi connectivity index (χ2v) is 5.31. The number of nitrogens with zero attached hydrogens (tertiary/aromatic N) is 1. The number of anilines is 1. The van der Waals surface area contributed by atoms with Gasteiger partial charge in [-0.3, -0.25) is 0 Å². The molecule has 0 N–H and O–H groups in total. The van der Waals surface area contributed by atoms with Crippen molar-refractivity contribution in [2.75, 3.05) is 4.81 Å². The Hall–Kier alpha value is -2.14. The van der Waals surface area contributed by atoms with Crippen molar-refractivity contribution >= 4 is 12.5 Å². The average Bonchev–Trinajstić information content (AvgIpc) is 2.49. The summed E-state index contributed by atoms with van der Waals surface area (Å²) in [5.41, 5.74) is 4.84. The van der Waals surface area contributed by atoms with Gasteiger partial charge in [0.25, 0.3) is 6.85 Å². The zero-order valence-electron chi connectivity index (χ0n) is 12.1. The van der Waals surface area contributed by atoms with Crippen LogP contribution in [0.4, 0.5) is 5.69 Å². The van der Waals surface area contributed by atoms with Crippen LogP contribution in [0.3, 0.4) is 0 Å². The summed E-state index contributed by atoms with van der Waals surface area (Å²) in [6.45, 7) is 5.96. The van der Waals surface area contributed by atoms with Crippen molar-refractivity contribution in [3.8, 4) is 11.8 Å². The zero-order chi connectivity index (χ0) is 13.9. The Morgan fingerprint density at radius 1 is 1.00 bits per heavy atom. The quantitative estimate of drug-likeness (QED) is 0.581. The predicted molar refractivity (Wildman–Crippen MR) is 87.1 cm³/mol. The van der Waals surface area contributed by atoms with Crippen LogP contribution in [-0.2, 0) is 6.54 Å². The molecule has 2 aromatic rings. The maximum atomic E-state index is 3.34. The van der Waals surface area contributed by atoms with E-state index in [9.17, 15) is 0 Å². The molecule has 1 aliphatic heterocycles. The van der Waals surface area contributed by atoms with E-state index in [1.165, 1.54) is 11.3 Å². The van der Waals surface area contributed by atoms with Gasteiger partial charge in [-0.15, -0.1) is 0 Å². The molecule has 1 heterocycles. The van der Waals surface area contributed by atoms with E-state index in [-0.39, 0.29) is 0 Å². The third-order valence-corrected chi connectivity index (χ3v) is 4.03. The van der Waals surface area contributed by atoms with Gasteiger partial charge in [0.05, 0.1) is 0 Å². The van der Waals surface area contributed by atoms with E-state index in [1.807, 2.05) is 0 Å². The lowest BCUT2D eigenvalue weighted by molar-refractivity contribution is 1.00. The molecule has 20 heavy (non-hydrogen) atoms. The fourth-order valence-electron chi connectivity index (χ4n) is 2.63. The Morgan fingerprint density at radius 2 is 1.65 bits per heavy atom. The van der Waals surface area contributed by atoms with Crippen molar-refractivity contribution in [2.24, 2.45) is 0 Å². The maximum absolute atomic E-state index is 3.34. The van der Waals surface area contributed by atoms with Gasteiger partial charge in [-0.1, -0.05) is 62.2 Å². The fraction of sp³-hybridized carbons (Fsp3) is 0.222. The predicted octanol–water partition coefficient (Wildman–Crippen LogP) is 4.05. The molecule has 3 rings (SSSR count). The Balaban J connectivity index is 2.17. The van der Waals surface area contributed by atoms with E-state index in [4.69, 9.17) is 0 Å². The van der Waals surface area contributed by atoms with Crippen LogP contribution in [0.2, 0.25) is 13.1 Å². The highest BCUT2D eigenvalue weighted by molar-refractivity contribution is 6.61. The highest BCUT2D eigenvalue weighted by Gasteiger charge is 2.20. The molecule has 0 unspecified atom stereocenters. The third-order valence-electron chi connectivity index (χ3n) is 4.03. The molecule has 0 aromatic heterocycles. The molecule has 0 bridgehead atoms. The minimum atomic E-state index is 0.504. The van der Waals surface area contributed by atoms with Gasteiger partial charge in [0.2, 0.25) is 0 Å². The molecule has 1 aliphatic rings. The van der Waals surface area contributed by atoms with Gasteiger partial charge in [0.15, 0.2) is 0 Å². The van der Waals surface area contributed by atoms with Gasteiger partial charge < -0.3 is 4.81 Å². The average molecular weight is 259 g/mol. The highest BCUT2D eigenvalue weighted by Crippen LogP contribution is 2.26. The summed E-state index contributed by atoms with van der Waals surface area (Å²) in [4.78, 5) is 2.47. The first-order valence-electron chi connectivity index (χ1n) is 7.25.